The summed E-state index contributed by atoms with van der Waals surface area (Å²) in [5.41, 5.74) is 2.10. The van der Waals surface area contributed by atoms with Crippen molar-refractivity contribution >= 4 is 29.0 Å². The van der Waals surface area contributed by atoms with Crippen molar-refractivity contribution in [2.75, 3.05) is 11.9 Å². The molecule has 1 amide bonds. The fourth-order valence-corrected chi connectivity index (χ4v) is 3.59. The first-order valence-electron chi connectivity index (χ1n) is 9.24. The highest BCUT2D eigenvalue weighted by Crippen LogP contribution is 2.27. The van der Waals surface area contributed by atoms with E-state index in [0.29, 0.717) is 29.4 Å². The zero-order chi connectivity index (χ0) is 19.4. The summed E-state index contributed by atoms with van der Waals surface area (Å²) in [6.45, 7) is 4.09. The van der Waals surface area contributed by atoms with Gasteiger partial charge < -0.3 is 10.2 Å². The van der Waals surface area contributed by atoms with Gasteiger partial charge in [0.25, 0.3) is 5.91 Å². The fraction of sp³-hybridized carbons (Fsp3) is 0.450. The number of nitrogens with one attached hydrogen (secondary N) is 1. The van der Waals surface area contributed by atoms with Gasteiger partial charge in [-0.25, -0.2) is 9.37 Å². The lowest BCUT2D eigenvalue weighted by Gasteiger charge is -2.36. The number of aromatic nitrogens is 2. The number of likely N-dealkylation sites (tertiary alicyclic amines) is 1. The standard InChI is InChI=1S/C20H24ClFN4O/c1-13(22)9-17-5-3-4-8-26(17)20(27)15-10-18(21)19(24-11-15)25-16-7-6-14(2)23-12-16/h6-7,10-13,17H,3-5,8-9H2,1-2H3,(H,24,25). The van der Waals surface area contributed by atoms with Crippen molar-refractivity contribution in [3.63, 3.8) is 0 Å². The summed E-state index contributed by atoms with van der Waals surface area (Å²) in [5, 5.41) is 3.46. The second-order valence-electron chi connectivity index (χ2n) is 7.03. The predicted molar refractivity (Wildman–Crippen MR) is 105 cm³/mol. The Hall–Kier alpha value is -2.21. The highest BCUT2D eigenvalue weighted by atomic mass is 35.5. The topological polar surface area (TPSA) is 58.1 Å². The average molecular weight is 391 g/mol. The average Bonchev–Trinajstić information content (AvgIpc) is 2.64. The summed E-state index contributed by atoms with van der Waals surface area (Å²) in [6, 6.07) is 5.32. The SMILES string of the molecule is Cc1ccc(Nc2ncc(C(=O)N3CCCCC3CC(C)F)cc2Cl)cn1. The van der Waals surface area contributed by atoms with Crippen LogP contribution in [0.1, 0.15) is 48.7 Å². The number of hydrogen-bond donors (Lipinski definition) is 1. The Bertz CT molecular complexity index is 797. The van der Waals surface area contributed by atoms with Gasteiger partial charge in [-0.1, -0.05) is 11.6 Å². The van der Waals surface area contributed by atoms with E-state index in [4.69, 9.17) is 11.6 Å². The molecule has 3 rings (SSSR count). The molecule has 1 fully saturated rings. The summed E-state index contributed by atoms with van der Waals surface area (Å²) in [5.74, 6) is 0.324. The Balaban J connectivity index is 1.75. The molecule has 2 unspecified atom stereocenters. The Morgan fingerprint density at radius 2 is 2.19 bits per heavy atom. The van der Waals surface area contributed by atoms with Gasteiger partial charge in [0.2, 0.25) is 0 Å². The van der Waals surface area contributed by atoms with E-state index in [2.05, 4.69) is 15.3 Å². The van der Waals surface area contributed by atoms with E-state index in [1.54, 1.807) is 17.2 Å². The second kappa shape index (κ2) is 8.65. The molecule has 0 spiro atoms. The number of piperidine rings is 1. The number of carbonyl (C=O) groups is 1. The minimum Gasteiger partial charge on any atom is -0.338 e. The Kier molecular flexibility index (Phi) is 6.26. The van der Waals surface area contributed by atoms with E-state index in [0.717, 1.165) is 30.6 Å². The first-order chi connectivity index (χ1) is 12.9. The van der Waals surface area contributed by atoms with Crippen LogP contribution in [-0.2, 0) is 0 Å². The van der Waals surface area contributed by atoms with Crippen LogP contribution in [0.4, 0.5) is 15.9 Å². The third kappa shape index (κ3) is 4.95. The number of halogens is 2. The molecule has 144 valence electrons. The van der Waals surface area contributed by atoms with Crippen molar-refractivity contribution in [3.8, 4) is 0 Å². The minimum absolute atomic E-state index is 0.0681. The van der Waals surface area contributed by atoms with E-state index in [1.165, 1.54) is 13.1 Å². The summed E-state index contributed by atoms with van der Waals surface area (Å²) >= 11 is 6.34. The highest BCUT2D eigenvalue weighted by molar-refractivity contribution is 6.33. The molecule has 0 aliphatic carbocycles. The monoisotopic (exact) mass is 390 g/mol. The van der Waals surface area contributed by atoms with Gasteiger partial charge in [-0.3, -0.25) is 9.78 Å². The maximum absolute atomic E-state index is 13.5. The van der Waals surface area contributed by atoms with Gasteiger partial charge in [-0.05, 0) is 57.7 Å². The van der Waals surface area contributed by atoms with E-state index >= 15 is 0 Å². The number of amides is 1. The summed E-state index contributed by atoms with van der Waals surface area (Å²) in [6.07, 6.45) is 5.44. The molecular weight excluding hydrogens is 367 g/mol. The maximum atomic E-state index is 13.5. The van der Waals surface area contributed by atoms with Crippen molar-refractivity contribution < 1.29 is 9.18 Å². The summed E-state index contributed by atoms with van der Waals surface area (Å²) < 4.78 is 13.5. The van der Waals surface area contributed by atoms with Crippen LogP contribution in [-0.4, -0.2) is 39.5 Å². The number of hydrogen-bond acceptors (Lipinski definition) is 4. The predicted octanol–water partition coefficient (Wildman–Crippen LogP) is 4.92. The van der Waals surface area contributed by atoms with Crippen LogP contribution in [0.15, 0.2) is 30.6 Å². The molecule has 1 N–H and O–H groups in total. The maximum Gasteiger partial charge on any atom is 0.255 e. The zero-order valence-electron chi connectivity index (χ0n) is 15.6. The second-order valence-corrected chi connectivity index (χ2v) is 7.44. The number of carbonyl (C=O) groups excluding carboxylic acids is 1. The smallest absolute Gasteiger partial charge is 0.255 e. The molecule has 1 aliphatic rings. The molecule has 2 atom stereocenters. The summed E-state index contributed by atoms with van der Waals surface area (Å²) in [7, 11) is 0. The quantitative estimate of drug-likeness (QED) is 0.786. The minimum atomic E-state index is -0.931. The molecule has 0 radical (unpaired) electrons. The van der Waals surface area contributed by atoms with E-state index < -0.39 is 6.17 Å². The van der Waals surface area contributed by atoms with Crippen molar-refractivity contribution in [2.24, 2.45) is 0 Å². The number of anilines is 2. The molecule has 0 aromatic carbocycles. The molecule has 5 nitrogen and oxygen atoms in total. The molecule has 27 heavy (non-hydrogen) atoms. The molecule has 2 aromatic rings. The summed E-state index contributed by atoms with van der Waals surface area (Å²) in [4.78, 5) is 23.2. The van der Waals surface area contributed by atoms with Crippen LogP contribution in [0.2, 0.25) is 5.02 Å². The van der Waals surface area contributed by atoms with Crippen molar-refractivity contribution in [3.05, 3.63) is 46.9 Å². The first-order valence-corrected chi connectivity index (χ1v) is 9.62. The van der Waals surface area contributed by atoms with Crippen LogP contribution in [0.3, 0.4) is 0 Å². The molecule has 7 heteroatoms. The third-order valence-corrected chi connectivity index (χ3v) is 5.04. The normalized spacial score (nSPS) is 18.2. The van der Waals surface area contributed by atoms with Crippen LogP contribution in [0.5, 0.6) is 0 Å². The number of rotatable bonds is 5. The number of alkyl halides is 1. The molecule has 1 saturated heterocycles. The highest BCUT2D eigenvalue weighted by Gasteiger charge is 2.29. The van der Waals surface area contributed by atoms with Crippen LogP contribution in [0, 0.1) is 6.92 Å². The lowest BCUT2D eigenvalue weighted by atomic mass is 9.97. The van der Waals surface area contributed by atoms with E-state index in [-0.39, 0.29) is 11.9 Å². The molecule has 1 aliphatic heterocycles. The molecular formula is C20H24ClFN4O. The van der Waals surface area contributed by atoms with Crippen molar-refractivity contribution in [1.82, 2.24) is 14.9 Å². The van der Waals surface area contributed by atoms with E-state index in [9.17, 15) is 9.18 Å². The molecule has 3 heterocycles. The van der Waals surface area contributed by atoms with E-state index in [1.807, 2.05) is 19.1 Å². The largest absolute Gasteiger partial charge is 0.338 e. The number of pyridine rings is 2. The van der Waals surface area contributed by atoms with Gasteiger partial charge in [0, 0.05) is 24.5 Å². The third-order valence-electron chi connectivity index (χ3n) is 4.75. The van der Waals surface area contributed by atoms with Gasteiger partial charge in [-0.2, -0.15) is 0 Å². The van der Waals surface area contributed by atoms with Crippen LogP contribution < -0.4 is 5.32 Å². The van der Waals surface area contributed by atoms with Crippen LogP contribution in [0.25, 0.3) is 0 Å². The van der Waals surface area contributed by atoms with Gasteiger partial charge in [0.15, 0.2) is 0 Å². The lowest BCUT2D eigenvalue weighted by Crippen LogP contribution is -2.44. The van der Waals surface area contributed by atoms with Gasteiger partial charge >= 0.3 is 0 Å². The van der Waals surface area contributed by atoms with Crippen LogP contribution >= 0.6 is 11.6 Å². The fourth-order valence-electron chi connectivity index (χ4n) is 3.38. The Morgan fingerprint density at radius 3 is 2.85 bits per heavy atom. The van der Waals surface area contributed by atoms with Crippen molar-refractivity contribution in [1.29, 1.82) is 0 Å². The Labute approximate surface area is 164 Å². The van der Waals surface area contributed by atoms with Gasteiger partial charge in [0.05, 0.1) is 28.6 Å². The number of aryl methyl sites for hydroxylation is 1. The molecule has 2 aromatic heterocycles. The Morgan fingerprint density at radius 1 is 1.37 bits per heavy atom. The first kappa shape index (κ1) is 19.5. The molecule has 0 saturated carbocycles. The van der Waals surface area contributed by atoms with Gasteiger partial charge in [0.1, 0.15) is 5.82 Å². The number of nitrogens with zero attached hydrogens (tertiary/aromatic N) is 3. The van der Waals surface area contributed by atoms with Gasteiger partial charge in [-0.15, -0.1) is 0 Å². The lowest BCUT2D eigenvalue weighted by molar-refractivity contribution is 0.0568. The van der Waals surface area contributed by atoms with Crippen molar-refractivity contribution in [2.45, 2.75) is 51.7 Å². The molecule has 0 bridgehead atoms. The zero-order valence-corrected chi connectivity index (χ0v) is 16.3.